The van der Waals surface area contributed by atoms with Crippen LogP contribution in [0.3, 0.4) is 0 Å². The van der Waals surface area contributed by atoms with Crippen LogP contribution in [-0.4, -0.2) is 20.6 Å². The summed E-state index contributed by atoms with van der Waals surface area (Å²) in [4.78, 5) is 2.04. The van der Waals surface area contributed by atoms with Gasteiger partial charge in [-0.1, -0.05) is 51.6 Å². The molecule has 0 unspecified atom stereocenters. The Balaban J connectivity index is 0.00000324. The van der Waals surface area contributed by atoms with Gasteiger partial charge in [0, 0.05) is 22.1 Å². The second-order valence-electron chi connectivity index (χ2n) is 6.22. The summed E-state index contributed by atoms with van der Waals surface area (Å²) in [6.07, 6.45) is 3.69. The number of hydrogen-bond donors (Lipinski definition) is 1. The lowest BCUT2D eigenvalue weighted by molar-refractivity contribution is 0.362. The molecule has 0 atom stereocenters. The lowest BCUT2D eigenvalue weighted by Gasteiger charge is -2.22. The van der Waals surface area contributed by atoms with E-state index in [2.05, 4.69) is 26.1 Å². The molecule has 1 N–H and O–H groups in total. The lowest BCUT2D eigenvalue weighted by atomic mass is 9.90. The minimum Gasteiger partial charge on any atom is -0.382 e. The highest BCUT2D eigenvalue weighted by Gasteiger charge is 2.15. The topological polar surface area (TPSA) is 15.3 Å². The Kier molecular flexibility index (Phi) is 5.29. The van der Waals surface area contributed by atoms with E-state index >= 15 is 0 Å². The molecule has 18 heavy (non-hydrogen) atoms. The summed E-state index contributed by atoms with van der Waals surface area (Å²) in [5, 5.41) is 3.43. The van der Waals surface area contributed by atoms with E-state index in [0.717, 1.165) is 26.9 Å². The van der Waals surface area contributed by atoms with Gasteiger partial charge in [0.05, 0.1) is 20.4 Å². The molecule has 0 aromatic heterocycles. The number of rotatable bonds is 6. The molecule has 0 saturated heterocycles. The van der Waals surface area contributed by atoms with Crippen LogP contribution in [0.4, 0.5) is 11.4 Å². The van der Waals surface area contributed by atoms with Gasteiger partial charge >= 0.3 is 0 Å². The fourth-order valence-corrected chi connectivity index (χ4v) is 2.62. The largest absolute Gasteiger partial charge is 0.382 e. The summed E-state index contributed by atoms with van der Waals surface area (Å²) in [6, 6.07) is 0. The molecule has 0 fully saturated rings. The molecule has 2 nitrogen and oxygen atoms in total. The van der Waals surface area contributed by atoms with Crippen LogP contribution in [0, 0.1) is 14.4 Å². The predicted octanol–water partition coefficient (Wildman–Crippen LogP) is 4.96. The van der Waals surface area contributed by atoms with Gasteiger partial charge in [-0.15, -0.1) is 0 Å². The van der Waals surface area contributed by atoms with Gasteiger partial charge < -0.3 is 10.2 Å². The first-order chi connectivity index (χ1) is 8.24. The summed E-state index contributed by atoms with van der Waals surface area (Å²) < 4.78 is 1.65. The molecule has 4 heteroatoms. The van der Waals surface area contributed by atoms with Crippen LogP contribution in [0.15, 0.2) is 0 Å². The van der Waals surface area contributed by atoms with Gasteiger partial charge in [-0.3, -0.25) is 0 Å². The molecular formula is C14H26N2S2. The van der Waals surface area contributed by atoms with Crippen molar-refractivity contribution in [2.45, 2.75) is 40.0 Å². The molecule has 104 valence electrons. The second kappa shape index (κ2) is 6.11. The first-order valence-corrected chi connectivity index (χ1v) is 7.30. The van der Waals surface area contributed by atoms with Crippen LogP contribution in [0.2, 0.25) is 0 Å². The number of anilines is 2. The van der Waals surface area contributed by atoms with E-state index in [-0.39, 0.29) is 1.43 Å². The Hall–Kier alpha value is -0.480. The van der Waals surface area contributed by atoms with Gasteiger partial charge in [-0.05, 0) is 18.3 Å². The summed E-state index contributed by atoms with van der Waals surface area (Å²) in [5.41, 5.74) is 2.59. The van der Waals surface area contributed by atoms with E-state index in [1.165, 1.54) is 19.3 Å². The molecule has 0 radical (unpaired) electrons. The summed E-state index contributed by atoms with van der Waals surface area (Å²) in [7, 11) is 4.01. The van der Waals surface area contributed by atoms with Crippen molar-refractivity contribution in [1.29, 1.82) is 0 Å². The number of nitrogens with one attached hydrogen (secondary N) is 1. The van der Waals surface area contributed by atoms with Crippen LogP contribution in [-0.2, 0) is 0 Å². The molecule has 0 spiro atoms. The van der Waals surface area contributed by atoms with Gasteiger partial charge in [-0.25, -0.2) is 0 Å². The zero-order chi connectivity index (χ0) is 13.9. The standard InChI is InChI=1S/C14H24N2S2.H2/c1-14(2,3)8-6-7-9-15-10-11(16(4)5)13(18)12(10)17;/h15H,6-9H2,1-5H3;1H. The molecule has 0 amide bonds. The van der Waals surface area contributed by atoms with Gasteiger partial charge in [0.2, 0.25) is 0 Å². The third-order valence-electron chi connectivity index (χ3n) is 2.99. The smallest absolute Gasteiger partial charge is 0.0834 e. The highest BCUT2D eigenvalue weighted by atomic mass is 32.1. The van der Waals surface area contributed by atoms with E-state index in [1.807, 2.05) is 19.0 Å². The Morgan fingerprint density at radius 2 is 1.72 bits per heavy atom. The van der Waals surface area contributed by atoms with Crippen LogP contribution in [0.25, 0.3) is 0 Å². The summed E-state index contributed by atoms with van der Waals surface area (Å²) >= 11 is 10.5. The number of unbranched alkanes of at least 4 members (excludes halogenated alkanes) is 1. The molecule has 1 aromatic rings. The monoisotopic (exact) mass is 286 g/mol. The van der Waals surface area contributed by atoms with E-state index in [9.17, 15) is 0 Å². The molecule has 1 rings (SSSR count). The van der Waals surface area contributed by atoms with Crippen molar-refractivity contribution in [2.24, 2.45) is 5.41 Å². The molecule has 0 bridgehead atoms. The lowest BCUT2D eigenvalue weighted by Crippen LogP contribution is -2.16. The Morgan fingerprint density at radius 3 is 2.22 bits per heavy atom. The molecule has 0 heterocycles. The zero-order valence-electron chi connectivity index (χ0n) is 12.1. The fourth-order valence-electron chi connectivity index (χ4n) is 1.96. The van der Waals surface area contributed by atoms with Gasteiger partial charge in [0.25, 0.3) is 0 Å². The van der Waals surface area contributed by atoms with Crippen molar-refractivity contribution in [3.63, 3.8) is 0 Å². The first kappa shape index (κ1) is 15.6. The molecule has 1 aromatic carbocycles. The SMILES string of the molecule is CN(C)c1c(NCCCCC(C)(C)C)c(=S)c1=S.[HH]. The fraction of sp³-hybridized carbons (Fsp3) is 0.714. The van der Waals surface area contributed by atoms with Crippen LogP contribution in [0.5, 0.6) is 0 Å². The molecule has 0 aliphatic rings. The number of nitrogens with zero attached hydrogens (tertiary/aromatic N) is 1. The third-order valence-corrected chi connectivity index (χ3v) is 3.92. The minimum atomic E-state index is 0. The van der Waals surface area contributed by atoms with Gasteiger partial charge in [0.15, 0.2) is 0 Å². The maximum Gasteiger partial charge on any atom is 0.0834 e. The zero-order valence-corrected chi connectivity index (χ0v) is 13.7. The average molecular weight is 287 g/mol. The Labute approximate surface area is 123 Å². The van der Waals surface area contributed by atoms with Crippen LogP contribution >= 0.6 is 24.4 Å². The first-order valence-electron chi connectivity index (χ1n) is 6.48. The van der Waals surface area contributed by atoms with Crippen molar-refractivity contribution in [1.82, 2.24) is 0 Å². The highest BCUT2D eigenvalue weighted by Crippen LogP contribution is 2.34. The molecule has 0 aliphatic heterocycles. The highest BCUT2D eigenvalue weighted by molar-refractivity contribution is 7.74. The van der Waals surface area contributed by atoms with Crippen LogP contribution in [0.1, 0.15) is 41.5 Å². The Bertz CT molecular complexity index is 468. The summed E-state index contributed by atoms with van der Waals surface area (Å²) in [5.74, 6) is 0. The van der Waals surface area contributed by atoms with Crippen molar-refractivity contribution in [2.75, 3.05) is 30.9 Å². The van der Waals surface area contributed by atoms with Crippen molar-refractivity contribution in [3.05, 3.63) is 9.02 Å². The van der Waals surface area contributed by atoms with Gasteiger partial charge in [-0.2, -0.15) is 0 Å². The maximum absolute atomic E-state index is 5.27. The minimum absolute atomic E-state index is 0. The van der Waals surface area contributed by atoms with E-state index in [4.69, 9.17) is 24.4 Å². The van der Waals surface area contributed by atoms with Crippen molar-refractivity contribution < 1.29 is 1.43 Å². The quantitative estimate of drug-likeness (QED) is 0.587. The summed E-state index contributed by atoms with van der Waals surface area (Å²) in [6.45, 7) is 7.83. The van der Waals surface area contributed by atoms with Crippen molar-refractivity contribution >= 4 is 35.8 Å². The normalized spacial score (nSPS) is 11.8. The van der Waals surface area contributed by atoms with E-state index in [1.54, 1.807) is 0 Å². The van der Waals surface area contributed by atoms with E-state index < -0.39 is 0 Å². The maximum atomic E-state index is 5.27. The Morgan fingerprint density at radius 1 is 1.11 bits per heavy atom. The predicted molar refractivity (Wildman–Crippen MR) is 88.7 cm³/mol. The number of hydrogen-bond acceptors (Lipinski definition) is 4. The van der Waals surface area contributed by atoms with Gasteiger partial charge in [0.1, 0.15) is 0 Å². The van der Waals surface area contributed by atoms with E-state index in [0.29, 0.717) is 5.41 Å². The second-order valence-corrected chi connectivity index (χ2v) is 7.04. The van der Waals surface area contributed by atoms with Crippen molar-refractivity contribution in [3.8, 4) is 0 Å². The average Bonchev–Trinajstić information content (AvgIpc) is 2.24. The van der Waals surface area contributed by atoms with Crippen LogP contribution < -0.4 is 10.2 Å². The third kappa shape index (κ3) is 4.02. The molecule has 0 aliphatic carbocycles. The molecule has 0 saturated carbocycles. The molecular weight excluding hydrogens is 260 g/mol.